The van der Waals surface area contributed by atoms with Gasteiger partial charge in [-0.2, -0.15) is 0 Å². The highest BCUT2D eigenvalue weighted by atomic mass is 79.9. The lowest BCUT2D eigenvalue weighted by Gasteiger charge is -2.12. The van der Waals surface area contributed by atoms with Crippen LogP contribution < -0.4 is 0 Å². The highest BCUT2D eigenvalue weighted by Gasteiger charge is 2.10. The van der Waals surface area contributed by atoms with Gasteiger partial charge >= 0.3 is 0 Å². The Labute approximate surface area is 120 Å². The molecule has 0 aliphatic rings. The number of hydrogen-bond donors (Lipinski definition) is 2. The Morgan fingerprint density at radius 2 is 1.68 bits per heavy atom. The normalized spacial score (nSPS) is 12.7. The minimum atomic E-state index is -0.0215. The van der Waals surface area contributed by atoms with Gasteiger partial charge in [0.15, 0.2) is 0 Å². The fraction of sp³-hybridized carbons (Fsp3) is 0.133. The Balaban J connectivity index is 2.20. The van der Waals surface area contributed by atoms with Crippen molar-refractivity contribution in [1.29, 1.82) is 0 Å². The number of nitrogens with zero attached hydrogens (tertiary/aromatic N) is 1. The van der Waals surface area contributed by atoms with Crippen LogP contribution in [0.2, 0.25) is 0 Å². The van der Waals surface area contributed by atoms with Gasteiger partial charge in [-0.15, -0.1) is 5.16 Å². The molecule has 0 saturated carbocycles. The number of aromatic hydroxyl groups is 1. The molecule has 1 atom stereocenters. The third kappa shape index (κ3) is 3.83. The molecule has 0 radical (unpaired) electrons. The summed E-state index contributed by atoms with van der Waals surface area (Å²) in [6.07, 6.45) is 2.25. The molecule has 0 heterocycles. The summed E-state index contributed by atoms with van der Waals surface area (Å²) >= 11 is 3.40. The zero-order valence-corrected chi connectivity index (χ0v) is 11.8. The number of phenols is 1. The Bertz CT molecular complexity index is 549. The SMILES string of the molecule is ON=CC(Cc1ccc(Br)cc1)c1ccc(O)cc1. The summed E-state index contributed by atoms with van der Waals surface area (Å²) in [6, 6.07) is 15.0. The van der Waals surface area contributed by atoms with Crippen LogP contribution in [0.5, 0.6) is 5.75 Å². The molecule has 2 aromatic rings. The Kier molecular flexibility index (Phi) is 4.58. The van der Waals surface area contributed by atoms with E-state index in [4.69, 9.17) is 5.21 Å². The maximum Gasteiger partial charge on any atom is 0.115 e. The molecule has 0 bridgehead atoms. The first-order chi connectivity index (χ1) is 9.19. The van der Waals surface area contributed by atoms with Gasteiger partial charge in [0.05, 0.1) is 6.21 Å². The molecule has 1 unspecified atom stereocenters. The maximum absolute atomic E-state index is 9.30. The van der Waals surface area contributed by atoms with Crippen molar-refractivity contribution in [3.63, 3.8) is 0 Å². The van der Waals surface area contributed by atoms with Gasteiger partial charge in [-0.1, -0.05) is 40.2 Å². The number of benzene rings is 2. The lowest BCUT2D eigenvalue weighted by Crippen LogP contribution is -2.04. The summed E-state index contributed by atoms with van der Waals surface area (Å²) in [6.45, 7) is 0. The Morgan fingerprint density at radius 3 is 2.26 bits per heavy atom. The van der Waals surface area contributed by atoms with Crippen LogP contribution >= 0.6 is 15.9 Å². The zero-order valence-electron chi connectivity index (χ0n) is 10.2. The monoisotopic (exact) mass is 319 g/mol. The van der Waals surface area contributed by atoms with Gasteiger partial charge in [-0.3, -0.25) is 0 Å². The van der Waals surface area contributed by atoms with E-state index in [1.165, 1.54) is 6.21 Å². The largest absolute Gasteiger partial charge is 0.508 e. The molecule has 0 spiro atoms. The molecule has 0 aliphatic carbocycles. The predicted molar refractivity (Wildman–Crippen MR) is 79.0 cm³/mol. The third-order valence-electron chi connectivity index (χ3n) is 2.94. The molecular weight excluding hydrogens is 306 g/mol. The van der Waals surface area contributed by atoms with E-state index in [0.29, 0.717) is 0 Å². The molecular formula is C15H14BrNO2. The van der Waals surface area contributed by atoms with Crippen molar-refractivity contribution in [2.45, 2.75) is 12.3 Å². The van der Waals surface area contributed by atoms with E-state index in [2.05, 4.69) is 21.1 Å². The van der Waals surface area contributed by atoms with E-state index in [9.17, 15) is 5.11 Å². The summed E-state index contributed by atoms with van der Waals surface area (Å²) < 4.78 is 1.04. The predicted octanol–water partition coefficient (Wildman–Crippen LogP) is 3.94. The number of rotatable bonds is 4. The molecule has 0 aliphatic heterocycles. The lowest BCUT2D eigenvalue weighted by molar-refractivity contribution is 0.319. The van der Waals surface area contributed by atoms with E-state index in [1.54, 1.807) is 12.1 Å². The minimum Gasteiger partial charge on any atom is -0.508 e. The van der Waals surface area contributed by atoms with Crippen LogP contribution in [0.15, 0.2) is 58.2 Å². The molecule has 2 N–H and O–H groups in total. The quantitative estimate of drug-likeness (QED) is 0.509. The van der Waals surface area contributed by atoms with E-state index in [1.807, 2.05) is 36.4 Å². The van der Waals surface area contributed by atoms with E-state index >= 15 is 0 Å². The van der Waals surface area contributed by atoms with E-state index in [-0.39, 0.29) is 11.7 Å². The van der Waals surface area contributed by atoms with Crippen molar-refractivity contribution in [3.05, 3.63) is 64.1 Å². The van der Waals surface area contributed by atoms with E-state index in [0.717, 1.165) is 22.0 Å². The van der Waals surface area contributed by atoms with Gasteiger partial charge in [0.25, 0.3) is 0 Å². The summed E-state index contributed by atoms with van der Waals surface area (Å²) in [5.41, 5.74) is 2.15. The van der Waals surface area contributed by atoms with Crippen molar-refractivity contribution >= 4 is 22.1 Å². The second kappa shape index (κ2) is 6.38. The molecule has 19 heavy (non-hydrogen) atoms. The molecule has 2 aromatic carbocycles. The maximum atomic E-state index is 9.30. The third-order valence-corrected chi connectivity index (χ3v) is 3.47. The van der Waals surface area contributed by atoms with Gasteiger partial charge in [0.2, 0.25) is 0 Å². The van der Waals surface area contributed by atoms with Crippen LogP contribution in [0.4, 0.5) is 0 Å². The van der Waals surface area contributed by atoms with Gasteiger partial charge in [-0.05, 0) is 41.8 Å². The number of oxime groups is 1. The van der Waals surface area contributed by atoms with Crippen LogP contribution in [0.3, 0.4) is 0 Å². The van der Waals surface area contributed by atoms with Gasteiger partial charge in [-0.25, -0.2) is 0 Å². The van der Waals surface area contributed by atoms with Crippen molar-refractivity contribution in [2.75, 3.05) is 0 Å². The first-order valence-corrected chi connectivity index (χ1v) is 6.69. The van der Waals surface area contributed by atoms with Crippen molar-refractivity contribution < 1.29 is 10.3 Å². The molecule has 0 aromatic heterocycles. The first kappa shape index (κ1) is 13.6. The topological polar surface area (TPSA) is 52.8 Å². The summed E-state index contributed by atoms with van der Waals surface area (Å²) in [5.74, 6) is 0.207. The Morgan fingerprint density at radius 1 is 1.05 bits per heavy atom. The van der Waals surface area contributed by atoms with Gasteiger partial charge in [0.1, 0.15) is 5.75 Å². The summed E-state index contributed by atoms with van der Waals surface area (Å²) in [4.78, 5) is 0. The second-order valence-corrected chi connectivity index (χ2v) is 5.21. The number of halogens is 1. The zero-order chi connectivity index (χ0) is 13.7. The number of hydrogen-bond acceptors (Lipinski definition) is 3. The molecule has 4 heteroatoms. The highest BCUT2D eigenvalue weighted by molar-refractivity contribution is 9.10. The average Bonchev–Trinajstić information content (AvgIpc) is 2.42. The molecule has 2 rings (SSSR count). The average molecular weight is 320 g/mol. The standard InChI is InChI=1S/C15H14BrNO2/c16-14-5-1-11(2-6-14)9-13(10-17-19)12-3-7-15(18)8-4-12/h1-8,10,13,18-19H,9H2. The van der Waals surface area contributed by atoms with Crippen LogP contribution in [-0.4, -0.2) is 16.5 Å². The van der Waals surface area contributed by atoms with Crippen molar-refractivity contribution in [3.8, 4) is 5.75 Å². The minimum absolute atomic E-state index is 0.0215. The van der Waals surface area contributed by atoms with Gasteiger partial charge < -0.3 is 10.3 Å². The van der Waals surface area contributed by atoms with Crippen LogP contribution in [-0.2, 0) is 6.42 Å². The molecule has 3 nitrogen and oxygen atoms in total. The number of phenolic OH excluding ortho intramolecular Hbond substituents is 1. The lowest BCUT2D eigenvalue weighted by atomic mass is 9.93. The molecule has 0 amide bonds. The molecule has 0 fully saturated rings. The van der Waals surface area contributed by atoms with Gasteiger partial charge in [0, 0.05) is 10.4 Å². The van der Waals surface area contributed by atoms with E-state index < -0.39 is 0 Å². The van der Waals surface area contributed by atoms with Crippen molar-refractivity contribution in [1.82, 2.24) is 0 Å². The van der Waals surface area contributed by atoms with Crippen LogP contribution in [0.25, 0.3) is 0 Å². The van der Waals surface area contributed by atoms with Crippen LogP contribution in [0.1, 0.15) is 17.0 Å². The highest BCUT2D eigenvalue weighted by Crippen LogP contribution is 2.22. The summed E-state index contributed by atoms with van der Waals surface area (Å²) in [7, 11) is 0. The van der Waals surface area contributed by atoms with Crippen molar-refractivity contribution in [2.24, 2.45) is 5.16 Å². The molecule has 98 valence electrons. The molecule has 0 saturated heterocycles. The fourth-order valence-corrected chi connectivity index (χ4v) is 2.20. The smallest absolute Gasteiger partial charge is 0.115 e. The fourth-order valence-electron chi connectivity index (χ4n) is 1.93. The van der Waals surface area contributed by atoms with Crippen LogP contribution in [0, 0.1) is 0 Å². The Hall–Kier alpha value is -1.81. The first-order valence-electron chi connectivity index (χ1n) is 5.90. The summed E-state index contributed by atoms with van der Waals surface area (Å²) in [5, 5.41) is 21.2. The second-order valence-electron chi connectivity index (χ2n) is 4.29.